The van der Waals surface area contributed by atoms with Crippen molar-refractivity contribution in [2.75, 3.05) is 19.8 Å². The Hall–Kier alpha value is -1.19. The standard InChI is InChI=1S/C14H20O3/c1-3-10-16-11-13(15)14(17-4-2)12-8-6-5-7-9-12/h5-9,14H,3-4,10-11H2,1-2H3. The Morgan fingerprint density at radius 3 is 2.53 bits per heavy atom. The number of benzene rings is 1. The first-order chi connectivity index (χ1) is 8.29. The molecular weight excluding hydrogens is 216 g/mol. The van der Waals surface area contributed by atoms with Gasteiger partial charge in [-0.05, 0) is 18.9 Å². The second-order valence-corrected chi connectivity index (χ2v) is 3.76. The van der Waals surface area contributed by atoms with Gasteiger partial charge in [0.15, 0.2) is 5.78 Å². The molecule has 0 spiro atoms. The number of Topliss-reactive ketones (excluding diaryl/α,β-unsaturated/α-hetero) is 1. The maximum Gasteiger partial charge on any atom is 0.191 e. The summed E-state index contributed by atoms with van der Waals surface area (Å²) in [5, 5.41) is 0. The van der Waals surface area contributed by atoms with Gasteiger partial charge in [-0.3, -0.25) is 4.79 Å². The second-order valence-electron chi connectivity index (χ2n) is 3.76. The van der Waals surface area contributed by atoms with Crippen LogP contribution in [0.15, 0.2) is 30.3 Å². The van der Waals surface area contributed by atoms with E-state index in [2.05, 4.69) is 0 Å². The van der Waals surface area contributed by atoms with Gasteiger partial charge in [0.1, 0.15) is 12.7 Å². The molecule has 94 valence electrons. The molecule has 0 N–H and O–H groups in total. The Labute approximate surface area is 103 Å². The summed E-state index contributed by atoms with van der Waals surface area (Å²) >= 11 is 0. The molecule has 1 unspecified atom stereocenters. The van der Waals surface area contributed by atoms with Gasteiger partial charge in [0.2, 0.25) is 0 Å². The van der Waals surface area contributed by atoms with E-state index in [1.165, 1.54) is 0 Å². The molecule has 1 rings (SSSR count). The molecule has 0 fully saturated rings. The Morgan fingerprint density at radius 1 is 1.24 bits per heavy atom. The number of carbonyl (C=O) groups is 1. The highest BCUT2D eigenvalue weighted by Crippen LogP contribution is 2.18. The van der Waals surface area contributed by atoms with Crippen molar-refractivity contribution >= 4 is 5.78 Å². The summed E-state index contributed by atoms with van der Waals surface area (Å²) in [6.07, 6.45) is 0.413. The maximum atomic E-state index is 12.0. The van der Waals surface area contributed by atoms with E-state index in [-0.39, 0.29) is 12.4 Å². The van der Waals surface area contributed by atoms with Crippen molar-refractivity contribution in [3.05, 3.63) is 35.9 Å². The summed E-state index contributed by atoms with van der Waals surface area (Å²) in [6.45, 7) is 5.14. The van der Waals surface area contributed by atoms with Crippen molar-refractivity contribution in [1.82, 2.24) is 0 Å². The fraction of sp³-hybridized carbons (Fsp3) is 0.500. The summed E-state index contributed by atoms with van der Waals surface area (Å²) < 4.78 is 10.8. The van der Waals surface area contributed by atoms with Crippen molar-refractivity contribution in [3.63, 3.8) is 0 Å². The van der Waals surface area contributed by atoms with E-state index >= 15 is 0 Å². The zero-order valence-corrected chi connectivity index (χ0v) is 10.5. The van der Waals surface area contributed by atoms with Crippen LogP contribution in [-0.4, -0.2) is 25.6 Å². The normalized spacial score (nSPS) is 12.4. The van der Waals surface area contributed by atoms with Gasteiger partial charge in [0.25, 0.3) is 0 Å². The summed E-state index contributed by atoms with van der Waals surface area (Å²) in [5.74, 6) is -0.0218. The average molecular weight is 236 g/mol. The lowest BCUT2D eigenvalue weighted by atomic mass is 10.1. The highest BCUT2D eigenvalue weighted by atomic mass is 16.5. The minimum Gasteiger partial charge on any atom is -0.374 e. The minimum atomic E-state index is -0.502. The number of carbonyl (C=O) groups excluding carboxylic acids is 1. The van der Waals surface area contributed by atoms with Crippen molar-refractivity contribution in [2.45, 2.75) is 26.4 Å². The smallest absolute Gasteiger partial charge is 0.191 e. The number of rotatable bonds is 8. The van der Waals surface area contributed by atoms with Crippen LogP contribution in [-0.2, 0) is 14.3 Å². The van der Waals surface area contributed by atoms with Crippen molar-refractivity contribution in [3.8, 4) is 0 Å². The van der Waals surface area contributed by atoms with Crippen molar-refractivity contribution in [1.29, 1.82) is 0 Å². The maximum absolute atomic E-state index is 12.0. The number of hydrogen-bond acceptors (Lipinski definition) is 3. The molecule has 1 aromatic carbocycles. The minimum absolute atomic E-state index is 0.0218. The van der Waals surface area contributed by atoms with Gasteiger partial charge in [-0.1, -0.05) is 37.3 Å². The van der Waals surface area contributed by atoms with Crippen LogP contribution in [0.3, 0.4) is 0 Å². The van der Waals surface area contributed by atoms with Crippen LogP contribution >= 0.6 is 0 Å². The molecule has 3 nitrogen and oxygen atoms in total. The van der Waals surface area contributed by atoms with E-state index in [9.17, 15) is 4.79 Å². The SMILES string of the molecule is CCCOCC(=O)C(OCC)c1ccccc1. The Morgan fingerprint density at radius 2 is 1.94 bits per heavy atom. The molecule has 1 aromatic rings. The molecule has 17 heavy (non-hydrogen) atoms. The van der Waals surface area contributed by atoms with E-state index < -0.39 is 6.10 Å². The molecule has 0 saturated carbocycles. The lowest BCUT2D eigenvalue weighted by Gasteiger charge is -2.16. The summed E-state index contributed by atoms with van der Waals surface area (Å²) in [4.78, 5) is 12.0. The predicted octanol–water partition coefficient (Wildman–Crippen LogP) is 2.76. The van der Waals surface area contributed by atoms with Crippen LogP contribution in [0.4, 0.5) is 0 Å². The van der Waals surface area contributed by atoms with Crippen LogP contribution in [0.25, 0.3) is 0 Å². The summed E-state index contributed by atoms with van der Waals surface area (Å²) in [5.41, 5.74) is 0.888. The van der Waals surface area contributed by atoms with Crippen molar-refractivity contribution < 1.29 is 14.3 Å². The van der Waals surface area contributed by atoms with E-state index in [1.807, 2.05) is 44.2 Å². The third-order valence-corrected chi connectivity index (χ3v) is 2.32. The number of ether oxygens (including phenoxy) is 2. The van der Waals surface area contributed by atoms with Crippen LogP contribution in [0, 0.1) is 0 Å². The molecule has 0 bridgehead atoms. The molecule has 0 radical (unpaired) electrons. The first-order valence-corrected chi connectivity index (χ1v) is 6.06. The van der Waals surface area contributed by atoms with Crippen molar-refractivity contribution in [2.24, 2.45) is 0 Å². The predicted molar refractivity (Wildman–Crippen MR) is 66.9 cm³/mol. The largest absolute Gasteiger partial charge is 0.374 e. The van der Waals surface area contributed by atoms with Crippen LogP contribution in [0.1, 0.15) is 31.9 Å². The molecule has 1 atom stereocenters. The third-order valence-electron chi connectivity index (χ3n) is 2.32. The Bertz CT molecular complexity index is 321. The van der Waals surface area contributed by atoms with E-state index in [0.717, 1.165) is 12.0 Å². The van der Waals surface area contributed by atoms with Gasteiger partial charge < -0.3 is 9.47 Å². The Kier molecular flexibility index (Phi) is 6.51. The fourth-order valence-corrected chi connectivity index (χ4v) is 1.56. The van der Waals surface area contributed by atoms with Gasteiger partial charge in [-0.15, -0.1) is 0 Å². The zero-order chi connectivity index (χ0) is 12.5. The van der Waals surface area contributed by atoms with Gasteiger partial charge in [-0.25, -0.2) is 0 Å². The third kappa shape index (κ3) is 4.67. The molecule has 3 heteroatoms. The number of ketones is 1. The molecule has 0 aliphatic rings. The lowest BCUT2D eigenvalue weighted by molar-refractivity contribution is -0.135. The van der Waals surface area contributed by atoms with E-state index in [4.69, 9.17) is 9.47 Å². The molecule has 0 aromatic heterocycles. The number of hydrogen-bond donors (Lipinski definition) is 0. The average Bonchev–Trinajstić information content (AvgIpc) is 2.37. The van der Waals surface area contributed by atoms with Gasteiger partial charge >= 0.3 is 0 Å². The van der Waals surface area contributed by atoms with Gasteiger partial charge in [-0.2, -0.15) is 0 Å². The van der Waals surface area contributed by atoms with Gasteiger partial charge in [0, 0.05) is 13.2 Å². The fourth-order valence-electron chi connectivity index (χ4n) is 1.56. The quantitative estimate of drug-likeness (QED) is 0.651. The van der Waals surface area contributed by atoms with Crippen LogP contribution in [0.5, 0.6) is 0 Å². The van der Waals surface area contributed by atoms with Crippen LogP contribution < -0.4 is 0 Å². The summed E-state index contributed by atoms with van der Waals surface area (Å²) in [7, 11) is 0. The summed E-state index contributed by atoms with van der Waals surface area (Å²) in [6, 6.07) is 9.53. The molecule has 0 aliphatic carbocycles. The Balaban J connectivity index is 2.62. The topological polar surface area (TPSA) is 35.5 Å². The lowest BCUT2D eigenvalue weighted by Crippen LogP contribution is -2.21. The molecule has 0 aliphatic heterocycles. The van der Waals surface area contributed by atoms with E-state index in [0.29, 0.717) is 13.2 Å². The van der Waals surface area contributed by atoms with Gasteiger partial charge in [0.05, 0.1) is 0 Å². The molecule has 0 amide bonds. The zero-order valence-electron chi connectivity index (χ0n) is 10.5. The van der Waals surface area contributed by atoms with E-state index in [1.54, 1.807) is 0 Å². The molecule has 0 heterocycles. The first kappa shape index (κ1) is 13.9. The van der Waals surface area contributed by atoms with Crippen LogP contribution in [0.2, 0.25) is 0 Å². The molecular formula is C14H20O3. The monoisotopic (exact) mass is 236 g/mol. The second kappa shape index (κ2) is 7.98. The molecule has 0 saturated heterocycles. The highest BCUT2D eigenvalue weighted by molar-refractivity contribution is 5.85. The highest BCUT2D eigenvalue weighted by Gasteiger charge is 2.20. The first-order valence-electron chi connectivity index (χ1n) is 6.06.